The molecule has 0 aliphatic heterocycles. The number of nitrogens with zero attached hydrogens (tertiary/aromatic N) is 3. The lowest BCUT2D eigenvalue weighted by molar-refractivity contribution is 0.400. The Morgan fingerprint density at radius 3 is 3.00 bits per heavy atom. The lowest BCUT2D eigenvalue weighted by Gasteiger charge is -2.15. The lowest BCUT2D eigenvalue weighted by atomic mass is 10.3. The summed E-state index contributed by atoms with van der Waals surface area (Å²) in [4.78, 5) is 4.27. The molecule has 0 aliphatic carbocycles. The van der Waals surface area contributed by atoms with Crippen LogP contribution in [-0.4, -0.2) is 27.9 Å². The Labute approximate surface area is 106 Å². The largest absolute Gasteiger partial charge is 0.479 e. The second-order valence-electron chi connectivity index (χ2n) is 4.07. The van der Waals surface area contributed by atoms with Crippen molar-refractivity contribution in [1.82, 2.24) is 14.8 Å². The molecule has 18 heavy (non-hydrogen) atoms. The van der Waals surface area contributed by atoms with Gasteiger partial charge in [0.25, 0.3) is 0 Å². The Kier molecular flexibility index (Phi) is 3.66. The van der Waals surface area contributed by atoms with E-state index < -0.39 is 0 Å². The zero-order valence-corrected chi connectivity index (χ0v) is 10.5. The number of nitrogens with two attached hydrogens (primary N) is 1. The lowest BCUT2D eigenvalue weighted by Crippen LogP contribution is -2.22. The predicted octanol–water partition coefficient (Wildman–Crippen LogP) is 1.37. The van der Waals surface area contributed by atoms with Crippen LogP contribution in [0, 0.1) is 0 Å². The van der Waals surface area contributed by atoms with Gasteiger partial charge in [0.1, 0.15) is 5.82 Å². The first kappa shape index (κ1) is 12.2. The molecule has 0 radical (unpaired) electrons. The van der Waals surface area contributed by atoms with Gasteiger partial charge in [-0.1, -0.05) is 0 Å². The van der Waals surface area contributed by atoms with Crippen molar-refractivity contribution in [2.45, 2.75) is 19.5 Å². The zero-order chi connectivity index (χ0) is 13.0. The molecule has 2 rings (SSSR count). The first-order valence-electron chi connectivity index (χ1n) is 5.73. The molecule has 0 saturated heterocycles. The smallest absolute Gasteiger partial charge is 0.238 e. The summed E-state index contributed by atoms with van der Waals surface area (Å²) < 4.78 is 6.95. The minimum Gasteiger partial charge on any atom is -0.479 e. The minimum absolute atomic E-state index is 0.200. The third-order valence-corrected chi connectivity index (χ3v) is 2.50. The van der Waals surface area contributed by atoms with Gasteiger partial charge in [0.15, 0.2) is 0 Å². The van der Waals surface area contributed by atoms with Crippen molar-refractivity contribution in [1.29, 1.82) is 0 Å². The van der Waals surface area contributed by atoms with Gasteiger partial charge in [0.05, 0.1) is 19.3 Å². The van der Waals surface area contributed by atoms with Gasteiger partial charge in [-0.05, 0) is 25.1 Å². The second kappa shape index (κ2) is 5.39. The van der Waals surface area contributed by atoms with Gasteiger partial charge in [-0.2, -0.15) is 10.1 Å². The number of ether oxygens (including phenoxy) is 1. The van der Waals surface area contributed by atoms with Gasteiger partial charge >= 0.3 is 0 Å². The number of hydrogen-bond donors (Lipinski definition) is 2. The van der Waals surface area contributed by atoms with E-state index in [2.05, 4.69) is 22.3 Å². The van der Waals surface area contributed by atoms with Crippen LogP contribution >= 0.6 is 0 Å². The molecule has 0 aromatic carbocycles. The number of aromatic nitrogens is 3. The summed E-state index contributed by atoms with van der Waals surface area (Å²) in [7, 11) is 1.55. The fourth-order valence-corrected chi connectivity index (χ4v) is 1.68. The number of hydrogen-bond acceptors (Lipinski definition) is 5. The SMILES string of the molecule is COc1nc(NC(C)Cn2cccn2)ccc1N. The number of rotatable bonds is 5. The minimum atomic E-state index is 0.200. The third-order valence-electron chi connectivity index (χ3n) is 2.50. The summed E-state index contributed by atoms with van der Waals surface area (Å²) >= 11 is 0. The van der Waals surface area contributed by atoms with Gasteiger partial charge in [0, 0.05) is 18.4 Å². The normalized spacial score (nSPS) is 12.1. The highest BCUT2D eigenvalue weighted by Gasteiger charge is 2.07. The van der Waals surface area contributed by atoms with E-state index in [1.807, 2.05) is 23.0 Å². The average Bonchev–Trinajstić information content (AvgIpc) is 2.84. The molecule has 1 unspecified atom stereocenters. The van der Waals surface area contributed by atoms with E-state index in [-0.39, 0.29) is 6.04 Å². The molecule has 1 atom stereocenters. The third kappa shape index (κ3) is 2.91. The van der Waals surface area contributed by atoms with Gasteiger partial charge in [-0.25, -0.2) is 0 Å². The molecule has 3 N–H and O–H groups in total. The van der Waals surface area contributed by atoms with Crippen LogP contribution in [0.15, 0.2) is 30.6 Å². The molecule has 2 aromatic rings. The summed E-state index contributed by atoms with van der Waals surface area (Å²) in [6, 6.07) is 5.70. The fourth-order valence-electron chi connectivity index (χ4n) is 1.68. The van der Waals surface area contributed by atoms with Crippen molar-refractivity contribution in [3.63, 3.8) is 0 Å². The Balaban J connectivity index is 2.00. The first-order chi connectivity index (χ1) is 8.69. The molecule has 96 valence electrons. The van der Waals surface area contributed by atoms with Gasteiger partial charge in [-0.3, -0.25) is 4.68 Å². The van der Waals surface area contributed by atoms with E-state index in [9.17, 15) is 0 Å². The molecule has 2 aromatic heterocycles. The van der Waals surface area contributed by atoms with Crippen LogP contribution < -0.4 is 15.8 Å². The molecule has 2 heterocycles. The Hall–Kier alpha value is -2.24. The van der Waals surface area contributed by atoms with Gasteiger partial charge < -0.3 is 15.8 Å². The number of nitrogens with one attached hydrogen (secondary N) is 1. The Bertz CT molecular complexity index is 497. The molecule has 0 bridgehead atoms. The first-order valence-corrected chi connectivity index (χ1v) is 5.73. The number of pyridine rings is 1. The molecule has 0 aliphatic rings. The van der Waals surface area contributed by atoms with Crippen molar-refractivity contribution in [3.05, 3.63) is 30.6 Å². The maximum Gasteiger partial charge on any atom is 0.238 e. The van der Waals surface area contributed by atoms with Crippen molar-refractivity contribution < 1.29 is 4.74 Å². The zero-order valence-electron chi connectivity index (χ0n) is 10.5. The highest BCUT2D eigenvalue weighted by Crippen LogP contribution is 2.20. The van der Waals surface area contributed by atoms with E-state index in [0.29, 0.717) is 11.6 Å². The molecule has 6 nitrogen and oxygen atoms in total. The van der Waals surface area contributed by atoms with E-state index >= 15 is 0 Å². The van der Waals surface area contributed by atoms with Crippen molar-refractivity contribution in [2.75, 3.05) is 18.2 Å². The maximum atomic E-state index is 5.71. The number of nitrogen functional groups attached to an aromatic ring is 1. The summed E-state index contributed by atoms with van der Waals surface area (Å²) in [6.07, 6.45) is 3.69. The molecule has 0 saturated carbocycles. The number of methoxy groups -OCH3 is 1. The van der Waals surface area contributed by atoms with Crippen LogP contribution in [0.2, 0.25) is 0 Å². The van der Waals surface area contributed by atoms with Crippen LogP contribution in [0.25, 0.3) is 0 Å². The van der Waals surface area contributed by atoms with Crippen LogP contribution in [-0.2, 0) is 6.54 Å². The van der Waals surface area contributed by atoms with Gasteiger partial charge in [-0.15, -0.1) is 0 Å². The van der Waals surface area contributed by atoms with E-state index in [1.54, 1.807) is 19.4 Å². The fraction of sp³-hybridized carbons (Fsp3) is 0.333. The second-order valence-corrected chi connectivity index (χ2v) is 4.07. The van der Waals surface area contributed by atoms with Crippen LogP contribution in [0.4, 0.5) is 11.5 Å². The quantitative estimate of drug-likeness (QED) is 0.834. The van der Waals surface area contributed by atoms with Crippen molar-refractivity contribution in [2.24, 2.45) is 0 Å². The molecule has 0 spiro atoms. The van der Waals surface area contributed by atoms with Crippen LogP contribution in [0.3, 0.4) is 0 Å². The van der Waals surface area contributed by atoms with Crippen LogP contribution in [0.5, 0.6) is 5.88 Å². The summed E-state index contributed by atoms with van der Waals surface area (Å²) in [5, 5.41) is 7.43. The molecular formula is C12H17N5O. The highest BCUT2D eigenvalue weighted by molar-refractivity contribution is 5.53. The Morgan fingerprint density at radius 1 is 1.50 bits per heavy atom. The molecule has 6 heteroatoms. The van der Waals surface area contributed by atoms with E-state index in [1.165, 1.54) is 0 Å². The van der Waals surface area contributed by atoms with Crippen LogP contribution in [0.1, 0.15) is 6.92 Å². The topological polar surface area (TPSA) is 78.0 Å². The van der Waals surface area contributed by atoms with Crippen molar-refractivity contribution in [3.8, 4) is 5.88 Å². The summed E-state index contributed by atoms with van der Waals surface area (Å²) in [5.74, 6) is 1.17. The van der Waals surface area contributed by atoms with Gasteiger partial charge in [0.2, 0.25) is 5.88 Å². The number of anilines is 2. The maximum absolute atomic E-state index is 5.71. The summed E-state index contributed by atoms with van der Waals surface area (Å²) in [6.45, 7) is 2.83. The highest BCUT2D eigenvalue weighted by atomic mass is 16.5. The Morgan fingerprint density at radius 2 is 2.33 bits per heavy atom. The van der Waals surface area contributed by atoms with E-state index in [0.717, 1.165) is 12.4 Å². The van der Waals surface area contributed by atoms with Crippen molar-refractivity contribution >= 4 is 11.5 Å². The monoisotopic (exact) mass is 247 g/mol. The average molecular weight is 247 g/mol. The molecule has 0 fully saturated rings. The predicted molar refractivity (Wildman–Crippen MR) is 70.5 cm³/mol. The summed E-state index contributed by atoms with van der Waals surface area (Å²) in [5.41, 5.74) is 6.24. The molecular weight excluding hydrogens is 230 g/mol. The molecule has 0 amide bonds. The van der Waals surface area contributed by atoms with E-state index in [4.69, 9.17) is 10.5 Å². The standard InChI is InChI=1S/C12H17N5O/c1-9(8-17-7-3-6-14-17)15-11-5-4-10(13)12(16-11)18-2/h3-7,9H,8,13H2,1-2H3,(H,15,16).